The fourth-order valence-electron chi connectivity index (χ4n) is 5.36. The van der Waals surface area contributed by atoms with Crippen LogP contribution in [-0.4, -0.2) is 61.2 Å². The smallest absolute Gasteiger partial charge is 0.322 e. The van der Waals surface area contributed by atoms with Crippen LogP contribution in [0.4, 0.5) is 16.2 Å². The summed E-state index contributed by atoms with van der Waals surface area (Å²) < 4.78 is 31.1. The summed E-state index contributed by atoms with van der Waals surface area (Å²) in [5, 5.41) is 4.22. The Balaban J connectivity index is 0.00000423. The topological polar surface area (TPSA) is 107 Å². The van der Waals surface area contributed by atoms with Gasteiger partial charge in [0.15, 0.2) is 0 Å². The fourth-order valence-corrected chi connectivity index (χ4v) is 5.92. The van der Waals surface area contributed by atoms with Gasteiger partial charge >= 0.3 is 6.03 Å². The van der Waals surface area contributed by atoms with E-state index in [1.807, 2.05) is 47.5 Å². The first-order chi connectivity index (χ1) is 20.3. The number of carbonyl (C=O) groups excluding carboxylic acids is 1. The molecular weight excluding hydrogens is 586 g/mol. The van der Waals surface area contributed by atoms with E-state index in [0.717, 1.165) is 80.5 Å². The maximum absolute atomic E-state index is 13.4. The number of halogens is 1. The van der Waals surface area contributed by atoms with Gasteiger partial charge in [0.25, 0.3) is 0 Å². The van der Waals surface area contributed by atoms with E-state index in [9.17, 15) is 13.2 Å². The second kappa shape index (κ2) is 14.6. The summed E-state index contributed by atoms with van der Waals surface area (Å²) in [6, 6.07) is 23.0. The Hall–Kier alpha value is -3.73. The molecular formula is C32H40ClN5O4S. The minimum Gasteiger partial charge on any atom is -0.457 e. The molecule has 3 aromatic carbocycles. The summed E-state index contributed by atoms with van der Waals surface area (Å²) >= 11 is 0. The van der Waals surface area contributed by atoms with Crippen LogP contribution in [0.5, 0.6) is 11.5 Å². The van der Waals surface area contributed by atoms with E-state index >= 15 is 0 Å². The van der Waals surface area contributed by atoms with Gasteiger partial charge in [0, 0.05) is 60.7 Å². The highest BCUT2D eigenvalue weighted by atomic mass is 35.5. The molecule has 0 radical (unpaired) electrons. The second-order valence-electron chi connectivity index (χ2n) is 10.9. The fraction of sp³-hybridized carbons (Fsp3) is 0.344. The van der Waals surface area contributed by atoms with Crippen LogP contribution in [-0.2, 0) is 16.6 Å². The average Bonchev–Trinajstić information content (AvgIpc) is 3.43. The number of carbonyl (C=O) groups is 1. The molecule has 9 nitrogen and oxygen atoms in total. The summed E-state index contributed by atoms with van der Waals surface area (Å²) in [5.41, 5.74) is 3.57. The molecule has 11 heteroatoms. The number of anilines is 2. The molecule has 0 bridgehead atoms. The van der Waals surface area contributed by atoms with E-state index in [2.05, 4.69) is 39.0 Å². The first-order valence-electron chi connectivity index (χ1n) is 14.5. The zero-order chi connectivity index (χ0) is 29.5. The molecule has 230 valence electrons. The molecule has 0 atom stereocenters. The van der Waals surface area contributed by atoms with Gasteiger partial charge in [-0.05, 0) is 85.5 Å². The molecule has 5 rings (SSSR count). The van der Waals surface area contributed by atoms with Gasteiger partial charge in [-0.1, -0.05) is 25.5 Å². The number of benzene rings is 3. The third-order valence-corrected chi connectivity index (χ3v) is 8.15. The Bertz CT molecular complexity index is 1580. The number of H-pyrrole nitrogens is 1. The van der Waals surface area contributed by atoms with Crippen LogP contribution in [0.2, 0.25) is 0 Å². The van der Waals surface area contributed by atoms with E-state index in [-0.39, 0.29) is 24.5 Å². The highest BCUT2D eigenvalue weighted by Crippen LogP contribution is 2.26. The van der Waals surface area contributed by atoms with Crippen LogP contribution >= 0.6 is 12.4 Å². The molecule has 0 spiro atoms. The van der Waals surface area contributed by atoms with Crippen LogP contribution in [0.15, 0.2) is 79.0 Å². The number of aromatic amines is 1. The van der Waals surface area contributed by atoms with Crippen LogP contribution < -0.4 is 14.8 Å². The van der Waals surface area contributed by atoms with Crippen molar-refractivity contribution in [2.75, 3.05) is 35.9 Å². The third-order valence-electron chi connectivity index (χ3n) is 7.54. The van der Waals surface area contributed by atoms with Crippen molar-refractivity contribution in [1.29, 1.82) is 0 Å². The molecule has 2 amide bonds. The van der Waals surface area contributed by atoms with Crippen molar-refractivity contribution in [2.24, 2.45) is 0 Å². The molecule has 1 aliphatic rings. The SMILES string of the molecule is CCCCN(C(=O)Nc1ccc2[nH]ccc2c1)C1CCN(Cc2ccc(Oc3ccc(NS(C)(=O)=O)cc3)cc2)CC1.Cl. The van der Waals surface area contributed by atoms with Gasteiger partial charge in [0.1, 0.15) is 11.5 Å². The van der Waals surface area contributed by atoms with Crippen LogP contribution in [0.1, 0.15) is 38.2 Å². The Morgan fingerprint density at radius 2 is 1.63 bits per heavy atom. The largest absolute Gasteiger partial charge is 0.457 e. The van der Waals surface area contributed by atoms with E-state index < -0.39 is 10.0 Å². The number of aromatic nitrogens is 1. The van der Waals surface area contributed by atoms with Crippen LogP contribution in [0.25, 0.3) is 10.9 Å². The number of piperidine rings is 1. The summed E-state index contributed by atoms with van der Waals surface area (Å²) in [5.74, 6) is 1.35. The molecule has 4 aromatic rings. The predicted octanol–water partition coefficient (Wildman–Crippen LogP) is 7.05. The zero-order valence-electron chi connectivity index (χ0n) is 24.6. The van der Waals surface area contributed by atoms with E-state index in [1.54, 1.807) is 24.3 Å². The molecule has 2 heterocycles. The number of fused-ring (bicyclic) bond motifs is 1. The van der Waals surface area contributed by atoms with Crippen molar-refractivity contribution in [3.63, 3.8) is 0 Å². The van der Waals surface area contributed by atoms with Gasteiger partial charge in [-0.2, -0.15) is 0 Å². The van der Waals surface area contributed by atoms with Gasteiger partial charge in [-0.25, -0.2) is 13.2 Å². The van der Waals surface area contributed by atoms with E-state index in [1.165, 1.54) is 5.56 Å². The molecule has 3 N–H and O–H groups in total. The molecule has 1 fully saturated rings. The minimum absolute atomic E-state index is 0. The number of urea groups is 1. The number of sulfonamides is 1. The lowest BCUT2D eigenvalue weighted by molar-refractivity contribution is 0.122. The quantitative estimate of drug-likeness (QED) is 0.166. The number of rotatable bonds is 11. The summed E-state index contributed by atoms with van der Waals surface area (Å²) in [6.07, 6.45) is 6.95. The Labute approximate surface area is 260 Å². The Morgan fingerprint density at radius 3 is 2.28 bits per heavy atom. The lowest BCUT2D eigenvalue weighted by Gasteiger charge is -2.38. The van der Waals surface area contributed by atoms with Crippen molar-refractivity contribution >= 4 is 50.7 Å². The summed E-state index contributed by atoms with van der Waals surface area (Å²) in [7, 11) is -3.31. The average molecular weight is 626 g/mol. The third kappa shape index (κ3) is 9.13. The number of ether oxygens (including phenoxy) is 1. The summed E-state index contributed by atoms with van der Waals surface area (Å²) in [6.45, 7) is 5.63. The Morgan fingerprint density at radius 1 is 0.977 bits per heavy atom. The van der Waals surface area contributed by atoms with Crippen molar-refractivity contribution < 1.29 is 17.9 Å². The number of likely N-dealkylation sites (tertiary alicyclic amines) is 1. The predicted molar refractivity (Wildman–Crippen MR) is 176 cm³/mol. The lowest BCUT2D eigenvalue weighted by atomic mass is 10.0. The van der Waals surface area contributed by atoms with Crippen LogP contribution in [0.3, 0.4) is 0 Å². The van der Waals surface area contributed by atoms with Gasteiger partial charge in [-0.15, -0.1) is 12.4 Å². The normalized spacial score (nSPS) is 14.2. The van der Waals surface area contributed by atoms with Crippen molar-refractivity contribution in [2.45, 2.75) is 45.2 Å². The van der Waals surface area contributed by atoms with Gasteiger partial charge in [-0.3, -0.25) is 9.62 Å². The molecule has 1 saturated heterocycles. The second-order valence-corrected chi connectivity index (χ2v) is 12.7. The molecule has 0 saturated carbocycles. The number of nitrogens with one attached hydrogen (secondary N) is 3. The summed E-state index contributed by atoms with van der Waals surface area (Å²) in [4.78, 5) is 21.0. The van der Waals surface area contributed by atoms with Gasteiger partial charge < -0.3 is 19.9 Å². The van der Waals surface area contributed by atoms with Gasteiger partial charge in [0.05, 0.1) is 6.26 Å². The molecule has 1 aliphatic heterocycles. The van der Waals surface area contributed by atoms with E-state index in [0.29, 0.717) is 11.4 Å². The van der Waals surface area contributed by atoms with Crippen molar-refractivity contribution in [3.8, 4) is 11.5 Å². The number of unbranched alkanes of at least 4 members (excludes halogenated alkanes) is 1. The Kier molecular flexibility index (Phi) is 11.0. The van der Waals surface area contributed by atoms with E-state index in [4.69, 9.17) is 4.74 Å². The highest BCUT2D eigenvalue weighted by Gasteiger charge is 2.28. The zero-order valence-corrected chi connectivity index (χ0v) is 26.2. The lowest BCUT2D eigenvalue weighted by Crippen LogP contribution is -2.49. The number of hydrogen-bond donors (Lipinski definition) is 3. The molecule has 1 aromatic heterocycles. The first kappa shape index (κ1) is 32.2. The van der Waals surface area contributed by atoms with Crippen molar-refractivity contribution in [3.05, 3.63) is 84.6 Å². The minimum atomic E-state index is -3.31. The molecule has 43 heavy (non-hydrogen) atoms. The standard InChI is InChI=1S/C32H39N5O4S.ClH/c1-3-4-19-37(32(38)34-27-9-14-31-25(22-27)15-18-33-31)28-16-20-36(21-17-28)23-24-5-10-29(11-6-24)41-30-12-7-26(8-13-30)35-42(2,39)40;/h5-15,18,22,28,33,35H,3-4,16-17,19-21,23H2,1-2H3,(H,34,38);1H. The van der Waals surface area contributed by atoms with Crippen molar-refractivity contribution in [1.82, 2.24) is 14.8 Å². The molecule has 0 unspecified atom stereocenters. The maximum Gasteiger partial charge on any atom is 0.322 e. The first-order valence-corrected chi connectivity index (χ1v) is 16.4. The monoisotopic (exact) mass is 625 g/mol. The van der Waals surface area contributed by atoms with Crippen LogP contribution in [0, 0.1) is 0 Å². The number of amides is 2. The maximum atomic E-state index is 13.4. The number of nitrogens with zero attached hydrogens (tertiary/aromatic N) is 2. The van der Waals surface area contributed by atoms with Gasteiger partial charge in [0.2, 0.25) is 10.0 Å². The number of hydrogen-bond acceptors (Lipinski definition) is 5. The molecule has 0 aliphatic carbocycles. The highest BCUT2D eigenvalue weighted by molar-refractivity contribution is 7.92.